The summed E-state index contributed by atoms with van der Waals surface area (Å²) in [6.07, 6.45) is -0.169. The van der Waals surface area contributed by atoms with E-state index in [-0.39, 0.29) is 0 Å². The zero-order valence-corrected chi connectivity index (χ0v) is 13.3. The van der Waals surface area contributed by atoms with Crippen LogP contribution >= 0.6 is 0 Å². The van der Waals surface area contributed by atoms with E-state index in [2.05, 4.69) is 6.58 Å². The van der Waals surface area contributed by atoms with Gasteiger partial charge in [-0.3, -0.25) is 0 Å². The summed E-state index contributed by atoms with van der Waals surface area (Å²) in [5, 5.41) is 0. The summed E-state index contributed by atoms with van der Waals surface area (Å²) in [6.45, 7) is 4.44. The first-order chi connectivity index (χ1) is 11.8. The monoisotopic (exact) mass is 324 g/mol. The minimum atomic E-state index is -0.753. The van der Waals surface area contributed by atoms with Crippen molar-refractivity contribution in [2.75, 3.05) is 0 Å². The predicted molar refractivity (Wildman–Crippen MR) is 90.1 cm³/mol. The van der Waals surface area contributed by atoms with Gasteiger partial charge in [0.05, 0.1) is 13.2 Å². The maximum atomic E-state index is 12.1. The molecule has 0 aromatic heterocycles. The van der Waals surface area contributed by atoms with Gasteiger partial charge in [0.1, 0.15) is 12.2 Å². The number of carbonyl (C=O) groups is 1. The average molecular weight is 324 g/mol. The number of ether oxygens (including phenoxy) is 3. The van der Waals surface area contributed by atoms with Gasteiger partial charge in [-0.15, -0.1) is 0 Å². The number of hydrogen-bond acceptors (Lipinski definition) is 4. The number of benzene rings is 2. The second kappa shape index (κ2) is 7.90. The molecule has 4 heteroatoms. The highest BCUT2D eigenvalue weighted by Crippen LogP contribution is 2.25. The lowest BCUT2D eigenvalue weighted by Gasteiger charge is -2.20. The molecule has 1 saturated heterocycles. The Bertz CT molecular complexity index is 669. The van der Waals surface area contributed by atoms with Crippen LogP contribution in [-0.4, -0.2) is 24.3 Å². The summed E-state index contributed by atoms with van der Waals surface area (Å²) in [7, 11) is 0. The van der Waals surface area contributed by atoms with Crippen LogP contribution < -0.4 is 0 Å². The topological polar surface area (TPSA) is 44.8 Å². The van der Waals surface area contributed by atoms with Crippen molar-refractivity contribution in [1.29, 1.82) is 0 Å². The molecule has 2 aromatic rings. The van der Waals surface area contributed by atoms with Crippen molar-refractivity contribution < 1.29 is 19.0 Å². The summed E-state index contributed by atoms with van der Waals surface area (Å²) >= 11 is 0. The van der Waals surface area contributed by atoms with Crippen LogP contribution in [0.4, 0.5) is 0 Å². The van der Waals surface area contributed by atoms with Crippen LogP contribution in [0.3, 0.4) is 0 Å². The molecular weight excluding hydrogens is 304 g/mol. The van der Waals surface area contributed by atoms with E-state index >= 15 is 0 Å². The van der Waals surface area contributed by atoms with Crippen molar-refractivity contribution in [3.63, 3.8) is 0 Å². The van der Waals surface area contributed by atoms with Crippen molar-refractivity contribution in [2.24, 2.45) is 0 Å². The molecule has 24 heavy (non-hydrogen) atoms. The Labute approximate surface area is 141 Å². The Balaban J connectivity index is 1.65. The first-order valence-electron chi connectivity index (χ1n) is 7.92. The van der Waals surface area contributed by atoms with Gasteiger partial charge in [0.15, 0.2) is 6.10 Å². The molecular formula is C20H20O4. The molecule has 1 fully saturated rings. The second-order valence-corrected chi connectivity index (χ2v) is 5.62. The van der Waals surface area contributed by atoms with Crippen LogP contribution in [-0.2, 0) is 32.2 Å². The summed E-state index contributed by atoms with van der Waals surface area (Å²) in [5.41, 5.74) is 2.02. The standard InChI is InChI=1S/C20H20O4/c1-2-17-18(22-13-15-9-5-3-6-10-15)19(20(21)24-17)23-14-16-11-7-4-8-12-16/h2-12,17-19H,1,13-14H2/t17-,18+,19-/m1/s1. The zero-order chi connectivity index (χ0) is 16.8. The summed E-state index contributed by atoms with van der Waals surface area (Å²) in [6, 6.07) is 19.5. The molecule has 0 N–H and O–H groups in total. The Morgan fingerprint density at radius 3 is 2.00 bits per heavy atom. The van der Waals surface area contributed by atoms with Gasteiger partial charge in [-0.25, -0.2) is 4.79 Å². The van der Waals surface area contributed by atoms with Crippen LogP contribution in [0.2, 0.25) is 0 Å². The Morgan fingerprint density at radius 1 is 0.917 bits per heavy atom. The molecule has 0 bridgehead atoms. The van der Waals surface area contributed by atoms with Crippen LogP contribution in [0.15, 0.2) is 73.3 Å². The first kappa shape index (κ1) is 16.4. The number of cyclic esters (lactones) is 1. The molecule has 1 aliphatic heterocycles. The highest BCUT2D eigenvalue weighted by Gasteiger charge is 2.45. The van der Waals surface area contributed by atoms with Crippen LogP contribution in [0.25, 0.3) is 0 Å². The maximum absolute atomic E-state index is 12.1. The number of rotatable bonds is 7. The van der Waals surface area contributed by atoms with Crippen LogP contribution in [0.1, 0.15) is 11.1 Å². The van der Waals surface area contributed by atoms with E-state index in [0.29, 0.717) is 13.2 Å². The van der Waals surface area contributed by atoms with Crippen molar-refractivity contribution in [3.05, 3.63) is 84.4 Å². The molecule has 124 valence electrons. The third-order valence-corrected chi connectivity index (χ3v) is 3.90. The molecule has 1 heterocycles. The molecule has 0 radical (unpaired) electrons. The van der Waals surface area contributed by atoms with E-state index < -0.39 is 24.3 Å². The van der Waals surface area contributed by atoms with Gasteiger partial charge in [-0.2, -0.15) is 0 Å². The van der Waals surface area contributed by atoms with Gasteiger partial charge in [0.2, 0.25) is 0 Å². The molecule has 0 saturated carbocycles. The minimum absolute atomic E-state index is 0.329. The summed E-state index contributed by atoms with van der Waals surface area (Å²) in [5.74, 6) is -0.408. The average Bonchev–Trinajstić information content (AvgIpc) is 2.94. The fourth-order valence-corrected chi connectivity index (χ4v) is 2.63. The molecule has 0 amide bonds. The van der Waals surface area contributed by atoms with E-state index in [4.69, 9.17) is 14.2 Å². The lowest BCUT2D eigenvalue weighted by Crippen LogP contribution is -2.35. The van der Waals surface area contributed by atoms with Crippen molar-refractivity contribution >= 4 is 5.97 Å². The van der Waals surface area contributed by atoms with E-state index in [1.807, 2.05) is 60.7 Å². The Kier molecular flexibility index (Phi) is 5.41. The predicted octanol–water partition coefficient (Wildman–Crippen LogP) is 3.27. The Hall–Kier alpha value is -2.43. The van der Waals surface area contributed by atoms with Crippen molar-refractivity contribution in [1.82, 2.24) is 0 Å². The lowest BCUT2D eigenvalue weighted by atomic mass is 10.1. The summed E-state index contributed by atoms with van der Waals surface area (Å²) < 4.78 is 17.0. The highest BCUT2D eigenvalue weighted by atomic mass is 16.6. The second-order valence-electron chi connectivity index (χ2n) is 5.62. The highest BCUT2D eigenvalue weighted by molar-refractivity contribution is 5.78. The van der Waals surface area contributed by atoms with Gasteiger partial charge in [0.25, 0.3) is 0 Å². The quantitative estimate of drug-likeness (QED) is 0.579. The molecule has 0 spiro atoms. The third kappa shape index (κ3) is 3.91. The van der Waals surface area contributed by atoms with Crippen molar-refractivity contribution in [3.8, 4) is 0 Å². The number of hydrogen-bond donors (Lipinski definition) is 0. The number of carbonyl (C=O) groups excluding carboxylic acids is 1. The molecule has 3 rings (SSSR count). The van der Waals surface area contributed by atoms with Crippen molar-refractivity contribution in [2.45, 2.75) is 31.5 Å². The molecule has 0 aliphatic carbocycles. The molecule has 0 unspecified atom stereocenters. The van der Waals surface area contributed by atoms with Gasteiger partial charge >= 0.3 is 5.97 Å². The van der Waals surface area contributed by atoms with Gasteiger partial charge in [0, 0.05) is 0 Å². The largest absolute Gasteiger partial charge is 0.453 e. The van der Waals surface area contributed by atoms with Crippen LogP contribution in [0.5, 0.6) is 0 Å². The van der Waals surface area contributed by atoms with E-state index in [1.54, 1.807) is 6.08 Å². The normalized spacial score (nSPS) is 23.0. The number of esters is 1. The van der Waals surface area contributed by atoms with Gasteiger partial charge in [-0.1, -0.05) is 67.2 Å². The Morgan fingerprint density at radius 2 is 1.46 bits per heavy atom. The third-order valence-electron chi connectivity index (χ3n) is 3.90. The molecule has 1 aliphatic rings. The first-order valence-corrected chi connectivity index (χ1v) is 7.92. The van der Waals surface area contributed by atoms with E-state index in [9.17, 15) is 4.79 Å². The van der Waals surface area contributed by atoms with E-state index in [0.717, 1.165) is 11.1 Å². The smallest absolute Gasteiger partial charge is 0.338 e. The fourth-order valence-electron chi connectivity index (χ4n) is 2.63. The lowest BCUT2D eigenvalue weighted by molar-refractivity contribution is -0.150. The van der Waals surface area contributed by atoms with Crippen LogP contribution in [0, 0.1) is 0 Å². The van der Waals surface area contributed by atoms with Gasteiger partial charge in [-0.05, 0) is 17.2 Å². The molecule has 3 atom stereocenters. The molecule has 4 nitrogen and oxygen atoms in total. The van der Waals surface area contributed by atoms with E-state index in [1.165, 1.54) is 0 Å². The SMILES string of the molecule is C=C[C@H]1OC(=O)[C@H](OCc2ccccc2)[C@H]1OCc1ccccc1. The molecule has 2 aromatic carbocycles. The van der Waals surface area contributed by atoms with Gasteiger partial charge < -0.3 is 14.2 Å². The fraction of sp³-hybridized carbons (Fsp3) is 0.250. The zero-order valence-electron chi connectivity index (χ0n) is 13.3. The minimum Gasteiger partial charge on any atom is -0.453 e. The maximum Gasteiger partial charge on any atom is 0.338 e. The summed E-state index contributed by atoms with van der Waals surface area (Å²) in [4.78, 5) is 12.1.